The molecule has 3 N–H and O–H groups in total. The second-order valence-corrected chi connectivity index (χ2v) is 5.56. The molecule has 2 rings (SSSR count). The summed E-state index contributed by atoms with van der Waals surface area (Å²) in [7, 11) is 0. The van der Waals surface area contributed by atoms with Gasteiger partial charge in [0, 0.05) is 24.4 Å². The number of esters is 1. The Labute approximate surface area is 118 Å². The molecule has 4 nitrogen and oxygen atoms in total. The van der Waals surface area contributed by atoms with E-state index >= 15 is 0 Å². The number of benzene rings is 1. The molecule has 0 spiro atoms. The Balaban J connectivity index is 2.11. The van der Waals surface area contributed by atoms with Crippen molar-refractivity contribution < 1.29 is 9.53 Å². The molecule has 0 aliphatic carbocycles. The van der Waals surface area contributed by atoms with Gasteiger partial charge in [-0.05, 0) is 31.2 Å². The van der Waals surface area contributed by atoms with Gasteiger partial charge in [-0.1, -0.05) is 23.7 Å². The first-order chi connectivity index (χ1) is 9.01. The molecule has 0 amide bonds. The molecule has 1 aromatic rings. The average Bonchev–Trinajstić information content (AvgIpc) is 2.80. The maximum atomic E-state index is 11.8. The normalized spacial score (nSPS) is 24.2. The Kier molecular flexibility index (Phi) is 4.45. The van der Waals surface area contributed by atoms with E-state index in [0.717, 1.165) is 18.5 Å². The number of halogens is 1. The van der Waals surface area contributed by atoms with Crippen molar-refractivity contribution in [3.8, 4) is 0 Å². The summed E-state index contributed by atoms with van der Waals surface area (Å²) in [5.41, 5.74) is 6.19. The highest BCUT2D eigenvalue weighted by Crippen LogP contribution is 2.26. The molecule has 19 heavy (non-hydrogen) atoms. The predicted molar refractivity (Wildman–Crippen MR) is 75.1 cm³/mol. The minimum atomic E-state index is -0.595. The van der Waals surface area contributed by atoms with E-state index < -0.39 is 11.6 Å². The van der Waals surface area contributed by atoms with Crippen LogP contribution in [0.3, 0.4) is 0 Å². The summed E-state index contributed by atoms with van der Waals surface area (Å²) in [6.45, 7) is 3.15. The fourth-order valence-corrected chi connectivity index (χ4v) is 2.40. The van der Waals surface area contributed by atoms with Crippen molar-refractivity contribution >= 4 is 17.6 Å². The van der Waals surface area contributed by atoms with Crippen molar-refractivity contribution in [2.75, 3.05) is 13.1 Å². The van der Waals surface area contributed by atoms with E-state index in [1.165, 1.54) is 0 Å². The fourth-order valence-electron chi connectivity index (χ4n) is 2.28. The van der Waals surface area contributed by atoms with Gasteiger partial charge in [0.1, 0.15) is 11.6 Å². The van der Waals surface area contributed by atoms with Crippen LogP contribution in [0.5, 0.6) is 0 Å². The zero-order valence-corrected chi connectivity index (χ0v) is 11.7. The van der Waals surface area contributed by atoms with Crippen molar-refractivity contribution in [1.29, 1.82) is 0 Å². The number of nitrogens with one attached hydrogen (secondary N) is 1. The third-order valence-electron chi connectivity index (χ3n) is 3.33. The molecule has 1 heterocycles. The number of nitrogens with two attached hydrogens (primary N) is 1. The number of carbonyl (C=O) groups is 1. The summed E-state index contributed by atoms with van der Waals surface area (Å²) in [5, 5.41) is 3.95. The minimum Gasteiger partial charge on any atom is -0.456 e. The van der Waals surface area contributed by atoms with Crippen LogP contribution in [0.15, 0.2) is 24.3 Å². The molecule has 1 aromatic carbocycles. The Morgan fingerprint density at radius 3 is 2.74 bits per heavy atom. The third kappa shape index (κ3) is 3.69. The largest absolute Gasteiger partial charge is 0.456 e. The molecular formula is C14H19ClN2O2. The zero-order valence-electron chi connectivity index (χ0n) is 11.0. The standard InChI is InChI=1S/C14H19ClN2O2/c1-10(16)13(18)19-14(6-7-17-9-14)8-11-2-4-12(15)5-3-11/h2-5,10,17H,6-9,16H2,1H3. The van der Waals surface area contributed by atoms with Gasteiger partial charge in [0.15, 0.2) is 0 Å². The van der Waals surface area contributed by atoms with E-state index in [4.69, 9.17) is 22.1 Å². The second-order valence-electron chi connectivity index (χ2n) is 5.12. The van der Waals surface area contributed by atoms with Crippen LogP contribution in [-0.4, -0.2) is 30.7 Å². The molecule has 0 saturated carbocycles. The van der Waals surface area contributed by atoms with Crippen LogP contribution in [0.25, 0.3) is 0 Å². The Hall–Kier alpha value is -1.10. The van der Waals surface area contributed by atoms with Gasteiger partial charge >= 0.3 is 5.97 Å². The number of ether oxygens (including phenoxy) is 1. The van der Waals surface area contributed by atoms with E-state index in [2.05, 4.69) is 5.32 Å². The van der Waals surface area contributed by atoms with Gasteiger partial charge in [0.2, 0.25) is 0 Å². The van der Waals surface area contributed by atoms with Crippen LogP contribution in [0, 0.1) is 0 Å². The number of carbonyl (C=O) groups excluding carboxylic acids is 1. The van der Waals surface area contributed by atoms with Gasteiger partial charge in [-0.2, -0.15) is 0 Å². The molecule has 1 aliphatic rings. The predicted octanol–water partition coefficient (Wildman–Crippen LogP) is 1.50. The van der Waals surface area contributed by atoms with E-state index in [1.54, 1.807) is 6.92 Å². The topological polar surface area (TPSA) is 64.4 Å². The summed E-state index contributed by atoms with van der Waals surface area (Å²) in [5.74, 6) is -0.349. The quantitative estimate of drug-likeness (QED) is 0.822. The molecule has 2 unspecified atom stereocenters. The molecule has 0 radical (unpaired) electrons. The van der Waals surface area contributed by atoms with E-state index in [0.29, 0.717) is 18.0 Å². The maximum Gasteiger partial charge on any atom is 0.323 e. The molecule has 104 valence electrons. The summed E-state index contributed by atoms with van der Waals surface area (Å²) < 4.78 is 5.64. The summed E-state index contributed by atoms with van der Waals surface area (Å²) >= 11 is 5.87. The number of rotatable bonds is 4. The van der Waals surface area contributed by atoms with Crippen molar-refractivity contribution in [3.05, 3.63) is 34.9 Å². The van der Waals surface area contributed by atoms with E-state index in [1.807, 2.05) is 24.3 Å². The first kappa shape index (κ1) is 14.3. The first-order valence-electron chi connectivity index (χ1n) is 6.44. The summed E-state index contributed by atoms with van der Waals surface area (Å²) in [6.07, 6.45) is 1.48. The molecule has 1 fully saturated rings. The molecule has 2 atom stereocenters. The first-order valence-corrected chi connectivity index (χ1v) is 6.82. The van der Waals surface area contributed by atoms with Crippen LogP contribution in [-0.2, 0) is 16.0 Å². The van der Waals surface area contributed by atoms with Crippen molar-refractivity contribution in [2.24, 2.45) is 5.73 Å². The Bertz CT molecular complexity index is 439. The van der Waals surface area contributed by atoms with E-state index in [-0.39, 0.29) is 5.97 Å². The lowest BCUT2D eigenvalue weighted by Gasteiger charge is -2.29. The van der Waals surface area contributed by atoms with Crippen LogP contribution in [0.1, 0.15) is 18.9 Å². The lowest BCUT2D eigenvalue weighted by atomic mass is 9.93. The molecule has 1 aliphatic heterocycles. The van der Waals surface area contributed by atoms with E-state index in [9.17, 15) is 4.79 Å². The van der Waals surface area contributed by atoms with Crippen LogP contribution >= 0.6 is 11.6 Å². The van der Waals surface area contributed by atoms with Crippen LogP contribution < -0.4 is 11.1 Å². The highest BCUT2D eigenvalue weighted by Gasteiger charge is 2.38. The van der Waals surface area contributed by atoms with Gasteiger partial charge in [-0.15, -0.1) is 0 Å². The highest BCUT2D eigenvalue weighted by atomic mass is 35.5. The molecule has 5 heteroatoms. The van der Waals surface area contributed by atoms with Gasteiger partial charge in [-0.25, -0.2) is 0 Å². The SMILES string of the molecule is CC(N)C(=O)OC1(Cc2ccc(Cl)cc2)CCNC1. The van der Waals surface area contributed by atoms with Gasteiger partial charge in [-0.3, -0.25) is 4.79 Å². The van der Waals surface area contributed by atoms with Gasteiger partial charge < -0.3 is 15.8 Å². The molecular weight excluding hydrogens is 264 g/mol. The third-order valence-corrected chi connectivity index (χ3v) is 3.58. The highest BCUT2D eigenvalue weighted by molar-refractivity contribution is 6.30. The van der Waals surface area contributed by atoms with Crippen molar-refractivity contribution in [3.63, 3.8) is 0 Å². The molecule has 0 bridgehead atoms. The van der Waals surface area contributed by atoms with Crippen molar-refractivity contribution in [1.82, 2.24) is 5.32 Å². The minimum absolute atomic E-state index is 0.349. The number of hydrogen-bond acceptors (Lipinski definition) is 4. The lowest BCUT2D eigenvalue weighted by Crippen LogP contribution is -2.43. The fraction of sp³-hybridized carbons (Fsp3) is 0.500. The second kappa shape index (κ2) is 5.90. The van der Waals surface area contributed by atoms with Gasteiger partial charge in [0.25, 0.3) is 0 Å². The van der Waals surface area contributed by atoms with Gasteiger partial charge in [0.05, 0.1) is 0 Å². The summed E-state index contributed by atoms with van der Waals surface area (Å²) in [4.78, 5) is 11.8. The average molecular weight is 283 g/mol. The molecule has 0 aromatic heterocycles. The zero-order chi connectivity index (χ0) is 13.9. The Morgan fingerprint density at radius 2 is 2.21 bits per heavy atom. The van der Waals surface area contributed by atoms with Crippen molar-refractivity contribution in [2.45, 2.75) is 31.4 Å². The van der Waals surface area contributed by atoms with Crippen LogP contribution in [0.4, 0.5) is 0 Å². The summed E-state index contributed by atoms with van der Waals surface area (Å²) in [6, 6.07) is 7.02. The lowest BCUT2D eigenvalue weighted by molar-refractivity contribution is -0.159. The Morgan fingerprint density at radius 1 is 1.53 bits per heavy atom. The van der Waals surface area contributed by atoms with Crippen LogP contribution in [0.2, 0.25) is 5.02 Å². The molecule has 1 saturated heterocycles. The maximum absolute atomic E-state index is 11.8. The monoisotopic (exact) mass is 282 g/mol. The smallest absolute Gasteiger partial charge is 0.323 e. The number of hydrogen-bond donors (Lipinski definition) is 2.